The second-order valence-electron chi connectivity index (χ2n) is 7.49. The number of benzene rings is 3. The first kappa shape index (κ1) is 21.3. The van der Waals surface area contributed by atoms with Gasteiger partial charge in [0, 0.05) is 22.5 Å². The molecule has 33 heavy (non-hydrogen) atoms. The summed E-state index contributed by atoms with van der Waals surface area (Å²) in [5.41, 5.74) is 2.95. The predicted molar refractivity (Wildman–Crippen MR) is 129 cm³/mol. The Morgan fingerprint density at radius 2 is 1.79 bits per heavy atom. The SMILES string of the molecule is COc1ccc2c(c1)c(C(=O)c1ncc(-c3ccccc3)o1)c(Cl)n2Cc1ccc(Cl)cc1. The average Bonchev–Trinajstić information content (AvgIpc) is 3.44. The van der Waals surface area contributed by atoms with E-state index in [4.69, 9.17) is 32.4 Å². The van der Waals surface area contributed by atoms with Crippen LogP contribution in [-0.4, -0.2) is 22.4 Å². The van der Waals surface area contributed by atoms with Crippen molar-refractivity contribution in [1.29, 1.82) is 0 Å². The predicted octanol–water partition coefficient (Wildman–Crippen LogP) is 6.89. The van der Waals surface area contributed by atoms with Crippen molar-refractivity contribution in [1.82, 2.24) is 9.55 Å². The molecule has 0 N–H and O–H groups in total. The molecule has 0 saturated heterocycles. The number of nitrogens with zero attached hydrogens (tertiary/aromatic N) is 2. The van der Waals surface area contributed by atoms with E-state index in [1.54, 1.807) is 19.4 Å². The molecule has 0 unspecified atom stereocenters. The normalized spacial score (nSPS) is 11.1. The standard InChI is InChI=1S/C26H18Cl2N2O3/c1-32-19-11-12-21-20(13-19)23(25(28)30(21)15-16-7-9-18(27)10-8-16)24(31)26-29-14-22(33-26)17-5-3-2-4-6-17/h2-14H,15H2,1H3. The van der Waals surface area contributed by atoms with E-state index in [0.717, 1.165) is 16.6 Å². The van der Waals surface area contributed by atoms with E-state index in [9.17, 15) is 4.79 Å². The topological polar surface area (TPSA) is 57.3 Å². The first-order valence-corrected chi connectivity index (χ1v) is 11.0. The van der Waals surface area contributed by atoms with Crippen molar-refractivity contribution in [2.45, 2.75) is 6.54 Å². The average molecular weight is 477 g/mol. The summed E-state index contributed by atoms with van der Waals surface area (Å²) >= 11 is 12.8. The molecule has 0 radical (unpaired) electrons. The van der Waals surface area contributed by atoms with Crippen LogP contribution in [0.25, 0.3) is 22.2 Å². The number of hydrogen-bond acceptors (Lipinski definition) is 4. The summed E-state index contributed by atoms with van der Waals surface area (Å²) in [7, 11) is 1.58. The van der Waals surface area contributed by atoms with Gasteiger partial charge in [-0.3, -0.25) is 4.79 Å². The molecule has 0 atom stereocenters. The Morgan fingerprint density at radius 3 is 2.52 bits per heavy atom. The lowest BCUT2D eigenvalue weighted by molar-refractivity contribution is 0.100. The monoisotopic (exact) mass is 476 g/mol. The summed E-state index contributed by atoms with van der Waals surface area (Å²) in [4.78, 5) is 17.8. The highest BCUT2D eigenvalue weighted by atomic mass is 35.5. The Hall–Kier alpha value is -3.54. The van der Waals surface area contributed by atoms with Gasteiger partial charge in [-0.2, -0.15) is 0 Å². The molecule has 0 amide bonds. The van der Waals surface area contributed by atoms with Crippen molar-refractivity contribution in [3.8, 4) is 17.1 Å². The Balaban J connectivity index is 1.61. The molecule has 0 spiro atoms. The third-order valence-corrected chi connectivity index (χ3v) is 6.09. The minimum Gasteiger partial charge on any atom is -0.497 e. The Bertz CT molecular complexity index is 1450. The lowest BCUT2D eigenvalue weighted by Crippen LogP contribution is -2.04. The zero-order valence-corrected chi connectivity index (χ0v) is 19.1. The molecule has 3 aromatic carbocycles. The van der Waals surface area contributed by atoms with Crippen molar-refractivity contribution < 1.29 is 13.9 Å². The fourth-order valence-corrected chi connectivity index (χ4v) is 4.26. The molecule has 5 nitrogen and oxygen atoms in total. The number of oxazole rings is 1. The van der Waals surface area contributed by atoms with Crippen LogP contribution < -0.4 is 4.74 Å². The quantitative estimate of drug-likeness (QED) is 0.250. The lowest BCUT2D eigenvalue weighted by Gasteiger charge is -2.08. The van der Waals surface area contributed by atoms with Crippen LogP contribution in [0.15, 0.2) is 83.4 Å². The van der Waals surface area contributed by atoms with E-state index < -0.39 is 5.78 Å². The van der Waals surface area contributed by atoms with Gasteiger partial charge in [-0.1, -0.05) is 65.7 Å². The van der Waals surface area contributed by atoms with Gasteiger partial charge in [0.05, 0.1) is 24.4 Å². The van der Waals surface area contributed by atoms with E-state index >= 15 is 0 Å². The molecule has 0 aliphatic carbocycles. The highest BCUT2D eigenvalue weighted by Gasteiger charge is 2.26. The number of aromatic nitrogens is 2. The Kier molecular flexibility index (Phi) is 5.67. The molecule has 0 aliphatic heterocycles. The van der Waals surface area contributed by atoms with Crippen molar-refractivity contribution in [3.63, 3.8) is 0 Å². The molecule has 7 heteroatoms. The largest absolute Gasteiger partial charge is 0.497 e. The van der Waals surface area contributed by atoms with Gasteiger partial charge in [-0.05, 0) is 35.9 Å². The van der Waals surface area contributed by atoms with Gasteiger partial charge in [0.2, 0.25) is 0 Å². The van der Waals surface area contributed by atoms with Crippen LogP contribution in [0.4, 0.5) is 0 Å². The van der Waals surface area contributed by atoms with Gasteiger partial charge in [-0.15, -0.1) is 0 Å². The third-order valence-electron chi connectivity index (χ3n) is 5.45. The fraction of sp³-hybridized carbons (Fsp3) is 0.0769. The summed E-state index contributed by atoms with van der Waals surface area (Å²) in [6.07, 6.45) is 1.55. The van der Waals surface area contributed by atoms with Gasteiger partial charge in [-0.25, -0.2) is 4.98 Å². The lowest BCUT2D eigenvalue weighted by atomic mass is 10.1. The molecule has 164 valence electrons. The van der Waals surface area contributed by atoms with Gasteiger partial charge in [0.15, 0.2) is 5.76 Å². The van der Waals surface area contributed by atoms with Crippen molar-refractivity contribution in [3.05, 3.63) is 106 Å². The molecule has 5 aromatic rings. The number of ketones is 1. The first-order valence-electron chi connectivity index (χ1n) is 10.2. The van der Waals surface area contributed by atoms with Gasteiger partial charge < -0.3 is 13.7 Å². The van der Waals surface area contributed by atoms with Crippen LogP contribution in [0, 0.1) is 0 Å². The van der Waals surface area contributed by atoms with Crippen LogP contribution in [0.5, 0.6) is 5.75 Å². The summed E-state index contributed by atoms with van der Waals surface area (Å²) in [5, 5.41) is 1.62. The van der Waals surface area contributed by atoms with Crippen LogP contribution in [0.2, 0.25) is 10.2 Å². The number of rotatable bonds is 6. The van der Waals surface area contributed by atoms with Crippen LogP contribution >= 0.6 is 23.2 Å². The molecule has 0 saturated carbocycles. The van der Waals surface area contributed by atoms with Gasteiger partial charge >= 0.3 is 0 Å². The first-order chi connectivity index (χ1) is 16.0. The minimum absolute atomic E-state index is 0.0240. The third kappa shape index (κ3) is 4.01. The maximum Gasteiger partial charge on any atom is 0.268 e. The van der Waals surface area contributed by atoms with Gasteiger partial charge in [0.1, 0.15) is 10.9 Å². The number of fused-ring (bicyclic) bond motifs is 1. The van der Waals surface area contributed by atoms with Crippen LogP contribution in [-0.2, 0) is 6.54 Å². The summed E-state index contributed by atoms with van der Waals surface area (Å²) in [5.74, 6) is 0.714. The smallest absolute Gasteiger partial charge is 0.268 e. The number of hydrogen-bond donors (Lipinski definition) is 0. The van der Waals surface area contributed by atoms with Crippen molar-refractivity contribution in [2.75, 3.05) is 7.11 Å². The number of methoxy groups -OCH3 is 1. The van der Waals surface area contributed by atoms with E-state index in [0.29, 0.717) is 39.2 Å². The molecule has 0 fully saturated rings. The molecular weight excluding hydrogens is 459 g/mol. The molecule has 2 heterocycles. The Morgan fingerprint density at radius 1 is 1.03 bits per heavy atom. The fourth-order valence-electron chi connectivity index (χ4n) is 3.79. The highest BCUT2D eigenvalue weighted by Crippen LogP contribution is 2.35. The molecular formula is C26H18Cl2N2O3. The zero-order valence-electron chi connectivity index (χ0n) is 17.6. The summed E-state index contributed by atoms with van der Waals surface area (Å²) in [6, 6.07) is 22.5. The molecule has 0 aliphatic rings. The maximum atomic E-state index is 13.5. The van der Waals surface area contributed by atoms with E-state index in [2.05, 4.69) is 4.98 Å². The molecule has 2 aromatic heterocycles. The van der Waals surface area contributed by atoms with Gasteiger partial charge in [0.25, 0.3) is 11.7 Å². The number of halogens is 2. The van der Waals surface area contributed by atoms with E-state index in [1.165, 1.54) is 0 Å². The summed E-state index contributed by atoms with van der Waals surface area (Å²) < 4.78 is 13.1. The Labute approximate surface area is 200 Å². The second-order valence-corrected chi connectivity index (χ2v) is 8.28. The number of ether oxygens (including phenoxy) is 1. The summed E-state index contributed by atoms with van der Waals surface area (Å²) in [6.45, 7) is 0.465. The van der Waals surface area contributed by atoms with Crippen molar-refractivity contribution >= 4 is 39.9 Å². The second kappa shape index (κ2) is 8.77. The maximum absolute atomic E-state index is 13.5. The van der Waals surface area contributed by atoms with E-state index in [-0.39, 0.29) is 5.89 Å². The van der Waals surface area contributed by atoms with Crippen molar-refractivity contribution in [2.24, 2.45) is 0 Å². The minimum atomic E-state index is -0.393. The zero-order chi connectivity index (χ0) is 22.9. The molecule has 5 rings (SSSR count). The van der Waals surface area contributed by atoms with Crippen LogP contribution in [0.3, 0.4) is 0 Å². The molecule has 0 bridgehead atoms. The van der Waals surface area contributed by atoms with E-state index in [1.807, 2.05) is 71.3 Å². The highest BCUT2D eigenvalue weighted by molar-refractivity contribution is 6.36. The van der Waals surface area contributed by atoms with Crippen LogP contribution in [0.1, 0.15) is 21.8 Å². The number of carbonyl (C=O) groups is 1. The number of carbonyl (C=O) groups excluding carboxylic acids is 1.